The van der Waals surface area contributed by atoms with Crippen molar-refractivity contribution in [2.24, 2.45) is 5.10 Å². The number of benzene rings is 3. The lowest BCUT2D eigenvalue weighted by Gasteiger charge is -2.19. The molecule has 0 aliphatic heterocycles. The first-order chi connectivity index (χ1) is 13.6. The maximum atomic E-state index is 11.9. The number of hydrogen-bond donors (Lipinski definition) is 1. The molecule has 0 unspecified atom stereocenters. The summed E-state index contributed by atoms with van der Waals surface area (Å²) in [7, 11) is 2.02. The van der Waals surface area contributed by atoms with Crippen LogP contribution in [-0.2, 0) is 4.79 Å². The van der Waals surface area contributed by atoms with Crippen LogP contribution in [-0.4, -0.2) is 24.9 Å². The molecular formula is C22H20ClN3OS. The predicted octanol–water partition coefficient (Wildman–Crippen LogP) is 5.35. The van der Waals surface area contributed by atoms with Crippen molar-refractivity contribution in [2.45, 2.75) is 4.90 Å². The molecule has 0 aromatic heterocycles. The van der Waals surface area contributed by atoms with Crippen molar-refractivity contribution < 1.29 is 4.79 Å². The zero-order valence-electron chi connectivity index (χ0n) is 15.4. The van der Waals surface area contributed by atoms with Crippen LogP contribution in [0.5, 0.6) is 0 Å². The fourth-order valence-electron chi connectivity index (χ4n) is 2.48. The zero-order chi connectivity index (χ0) is 19.8. The van der Waals surface area contributed by atoms with E-state index in [1.807, 2.05) is 61.6 Å². The molecule has 0 saturated carbocycles. The number of anilines is 2. The molecule has 0 radical (unpaired) electrons. The molecule has 0 spiro atoms. The van der Waals surface area contributed by atoms with Gasteiger partial charge in [0.1, 0.15) is 0 Å². The number of para-hydroxylation sites is 1. The van der Waals surface area contributed by atoms with E-state index in [9.17, 15) is 4.79 Å². The van der Waals surface area contributed by atoms with Crippen LogP contribution in [0.1, 0.15) is 5.56 Å². The van der Waals surface area contributed by atoms with Crippen LogP contribution in [0.25, 0.3) is 0 Å². The van der Waals surface area contributed by atoms with Gasteiger partial charge in [-0.15, -0.1) is 11.8 Å². The number of carbonyl (C=O) groups excluding carboxylic acids is 1. The maximum absolute atomic E-state index is 11.9. The number of halogens is 1. The summed E-state index contributed by atoms with van der Waals surface area (Å²) in [6.45, 7) is 0. The fourth-order valence-corrected chi connectivity index (χ4v) is 3.29. The van der Waals surface area contributed by atoms with Crippen molar-refractivity contribution in [1.29, 1.82) is 0 Å². The lowest BCUT2D eigenvalue weighted by Crippen LogP contribution is -2.19. The van der Waals surface area contributed by atoms with Crippen molar-refractivity contribution in [1.82, 2.24) is 5.43 Å². The van der Waals surface area contributed by atoms with Gasteiger partial charge in [0.2, 0.25) is 5.91 Å². The van der Waals surface area contributed by atoms with Crippen LogP contribution in [0.4, 0.5) is 11.4 Å². The van der Waals surface area contributed by atoms with Crippen LogP contribution in [0.2, 0.25) is 5.02 Å². The van der Waals surface area contributed by atoms with Gasteiger partial charge in [0.05, 0.1) is 12.0 Å². The molecule has 0 atom stereocenters. The molecule has 0 saturated heterocycles. The van der Waals surface area contributed by atoms with E-state index in [-0.39, 0.29) is 5.91 Å². The van der Waals surface area contributed by atoms with Gasteiger partial charge in [0.25, 0.3) is 0 Å². The standard InChI is InChI=1S/C22H20ClN3OS/c1-26(19-5-3-2-4-6-19)20-11-7-17(8-12-20)15-24-25-22(27)16-28-21-13-9-18(23)10-14-21/h2-15H,16H2,1H3,(H,25,27)/b24-15-. The van der Waals surface area contributed by atoms with E-state index in [2.05, 4.69) is 27.6 Å². The number of nitrogens with one attached hydrogen (secondary N) is 1. The van der Waals surface area contributed by atoms with Gasteiger partial charge < -0.3 is 4.90 Å². The van der Waals surface area contributed by atoms with E-state index in [1.54, 1.807) is 18.3 Å². The minimum Gasteiger partial charge on any atom is -0.345 e. The summed E-state index contributed by atoms with van der Waals surface area (Å²) >= 11 is 7.29. The van der Waals surface area contributed by atoms with E-state index in [1.165, 1.54) is 11.8 Å². The van der Waals surface area contributed by atoms with Crippen LogP contribution >= 0.6 is 23.4 Å². The second kappa shape index (κ2) is 9.97. The zero-order valence-corrected chi connectivity index (χ0v) is 17.0. The molecule has 28 heavy (non-hydrogen) atoms. The second-order valence-electron chi connectivity index (χ2n) is 6.02. The van der Waals surface area contributed by atoms with E-state index in [0.717, 1.165) is 21.8 Å². The molecule has 0 aliphatic rings. The molecule has 3 rings (SSSR count). The quantitative estimate of drug-likeness (QED) is 0.325. The summed E-state index contributed by atoms with van der Waals surface area (Å²) in [6.07, 6.45) is 1.64. The lowest BCUT2D eigenvalue weighted by molar-refractivity contribution is -0.118. The van der Waals surface area contributed by atoms with Gasteiger partial charge in [0.15, 0.2) is 0 Å². The molecule has 0 fully saturated rings. The second-order valence-corrected chi connectivity index (χ2v) is 7.51. The molecule has 1 N–H and O–H groups in total. The van der Waals surface area contributed by atoms with E-state index in [4.69, 9.17) is 11.6 Å². The third-order valence-electron chi connectivity index (χ3n) is 4.01. The van der Waals surface area contributed by atoms with Crippen molar-refractivity contribution in [3.63, 3.8) is 0 Å². The van der Waals surface area contributed by atoms with Gasteiger partial charge in [-0.05, 0) is 54.1 Å². The number of thioether (sulfide) groups is 1. The highest BCUT2D eigenvalue weighted by Gasteiger charge is 2.03. The Morgan fingerprint density at radius 3 is 2.32 bits per heavy atom. The Labute approximate surface area is 174 Å². The fraction of sp³-hybridized carbons (Fsp3) is 0.0909. The Morgan fingerprint density at radius 2 is 1.64 bits per heavy atom. The summed E-state index contributed by atoms with van der Waals surface area (Å²) in [6, 6.07) is 25.5. The van der Waals surface area contributed by atoms with Crippen LogP contribution in [0.15, 0.2) is 88.9 Å². The first-order valence-corrected chi connectivity index (χ1v) is 10.1. The molecular weight excluding hydrogens is 390 g/mol. The van der Waals surface area contributed by atoms with Crippen LogP contribution in [0, 0.1) is 0 Å². The topological polar surface area (TPSA) is 44.7 Å². The molecule has 0 heterocycles. The maximum Gasteiger partial charge on any atom is 0.250 e. The molecule has 0 bridgehead atoms. The van der Waals surface area contributed by atoms with Crippen LogP contribution < -0.4 is 10.3 Å². The van der Waals surface area contributed by atoms with Gasteiger partial charge in [-0.25, -0.2) is 5.43 Å². The Balaban J connectivity index is 1.49. The summed E-state index contributed by atoms with van der Waals surface area (Å²) in [5.41, 5.74) is 5.66. The highest BCUT2D eigenvalue weighted by molar-refractivity contribution is 8.00. The lowest BCUT2D eigenvalue weighted by atomic mass is 10.2. The number of rotatable bonds is 7. The highest BCUT2D eigenvalue weighted by atomic mass is 35.5. The monoisotopic (exact) mass is 409 g/mol. The summed E-state index contributed by atoms with van der Waals surface area (Å²) < 4.78 is 0. The SMILES string of the molecule is CN(c1ccccc1)c1ccc(/C=N\NC(=O)CSc2ccc(Cl)cc2)cc1. The molecule has 3 aromatic carbocycles. The van der Waals surface area contributed by atoms with Gasteiger partial charge in [-0.1, -0.05) is 41.9 Å². The Kier molecular flexibility index (Phi) is 7.12. The third kappa shape index (κ3) is 5.87. The average molecular weight is 410 g/mol. The van der Waals surface area contributed by atoms with E-state index in [0.29, 0.717) is 10.8 Å². The Morgan fingerprint density at radius 1 is 1.00 bits per heavy atom. The van der Waals surface area contributed by atoms with Gasteiger partial charge in [-0.3, -0.25) is 4.79 Å². The largest absolute Gasteiger partial charge is 0.345 e. The van der Waals surface area contributed by atoms with Gasteiger partial charge in [-0.2, -0.15) is 5.10 Å². The van der Waals surface area contributed by atoms with Crippen LogP contribution in [0.3, 0.4) is 0 Å². The first kappa shape index (κ1) is 20.0. The molecule has 4 nitrogen and oxygen atoms in total. The molecule has 3 aromatic rings. The number of amides is 1. The number of carbonyl (C=O) groups is 1. The first-order valence-electron chi connectivity index (χ1n) is 8.71. The summed E-state index contributed by atoms with van der Waals surface area (Å²) in [5.74, 6) is 0.136. The van der Waals surface area contributed by atoms with Gasteiger partial charge in [0, 0.05) is 28.3 Å². The highest BCUT2D eigenvalue weighted by Crippen LogP contribution is 2.23. The van der Waals surface area contributed by atoms with Gasteiger partial charge >= 0.3 is 0 Å². The number of hydrazone groups is 1. The summed E-state index contributed by atoms with van der Waals surface area (Å²) in [4.78, 5) is 15.0. The Bertz CT molecular complexity index is 928. The van der Waals surface area contributed by atoms with E-state index < -0.39 is 0 Å². The van der Waals surface area contributed by atoms with Crippen molar-refractivity contribution in [3.05, 3.63) is 89.4 Å². The minimum atomic E-state index is -0.156. The smallest absolute Gasteiger partial charge is 0.250 e. The molecule has 0 aliphatic carbocycles. The Hall–Kier alpha value is -2.76. The van der Waals surface area contributed by atoms with Crippen molar-refractivity contribution in [3.8, 4) is 0 Å². The molecule has 6 heteroatoms. The summed E-state index contributed by atoms with van der Waals surface area (Å²) in [5, 5.41) is 4.71. The minimum absolute atomic E-state index is 0.156. The number of nitrogens with zero attached hydrogens (tertiary/aromatic N) is 2. The molecule has 142 valence electrons. The predicted molar refractivity (Wildman–Crippen MR) is 119 cm³/mol. The average Bonchev–Trinajstić information content (AvgIpc) is 2.74. The van der Waals surface area contributed by atoms with Crippen molar-refractivity contribution in [2.75, 3.05) is 17.7 Å². The van der Waals surface area contributed by atoms with Crippen molar-refractivity contribution >= 4 is 46.9 Å². The normalized spacial score (nSPS) is 10.8. The van der Waals surface area contributed by atoms with E-state index >= 15 is 0 Å². The number of hydrogen-bond acceptors (Lipinski definition) is 4. The third-order valence-corrected chi connectivity index (χ3v) is 5.27. The molecule has 1 amide bonds.